The molecule has 0 saturated carbocycles. The van der Waals surface area contributed by atoms with E-state index in [-0.39, 0.29) is 0 Å². The molecule has 8 heteroatoms. The molecule has 0 amide bonds. The number of cyclic esters (lactones) is 1. The first-order valence-electron chi connectivity index (χ1n) is 7.18. The highest BCUT2D eigenvalue weighted by Crippen LogP contribution is 2.20. The minimum absolute atomic E-state index is 0.337. The number of hydrogen-bond donors (Lipinski definition) is 5. The number of carboxylic acid groups (broad SMARTS) is 1. The van der Waals surface area contributed by atoms with E-state index in [0.717, 1.165) is 12.8 Å². The summed E-state index contributed by atoms with van der Waals surface area (Å²) < 4.78 is 4.32. The van der Waals surface area contributed by atoms with Gasteiger partial charge >= 0.3 is 11.9 Å². The minimum Gasteiger partial charge on any atom is -0.505 e. The molecule has 1 aliphatic rings. The van der Waals surface area contributed by atoms with Gasteiger partial charge in [0.15, 0.2) is 11.9 Å². The quantitative estimate of drug-likeness (QED) is 0.329. The van der Waals surface area contributed by atoms with Gasteiger partial charge in [-0.1, -0.05) is 32.6 Å². The van der Waals surface area contributed by atoms with Crippen LogP contribution in [0.4, 0.5) is 0 Å². The van der Waals surface area contributed by atoms with E-state index in [2.05, 4.69) is 11.7 Å². The Balaban J connectivity index is 0.000000409. The maximum Gasteiger partial charge on any atom is 0.377 e. The van der Waals surface area contributed by atoms with Crippen LogP contribution in [0.1, 0.15) is 45.4 Å². The van der Waals surface area contributed by atoms with Crippen LogP contribution in [0.15, 0.2) is 11.5 Å². The van der Waals surface area contributed by atoms with E-state index < -0.39 is 42.3 Å². The highest BCUT2D eigenvalue weighted by atomic mass is 16.6. The molecule has 0 radical (unpaired) electrons. The molecule has 5 N–H and O–H groups in total. The second kappa shape index (κ2) is 10.9. The largest absolute Gasteiger partial charge is 0.505 e. The van der Waals surface area contributed by atoms with Crippen LogP contribution in [0.5, 0.6) is 0 Å². The summed E-state index contributed by atoms with van der Waals surface area (Å²) in [4.78, 5) is 20.6. The standard InChI is InChI=1S/C8H16O2.C6H8O6/c1-2-3-4-5-6-7-8(9)10;7-1-2(8)5-3(9)4(10)6(11)12-5/h2-7H2,1H3,(H,9,10);2,5,7-10H,1H2/t;2-,5+/m.0/s1. The van der Waals surface area contributed by atoms with E-state index >= 15 is 0 Å². The van der Waals surface area contributed by atoms with Crippen molar-refractivity contribution in [2.75, 3.05) is 6.61 Å². The Labute approximate surface area is 128 Å². The van der Waals surface area contributed by atoms with E-state index in [9.17, 15) is 9.59 Å². The molecule has 0 aromatic rings. The molecule has 0 aromatic heterocycles. The van der Waals surface area contributed by atoms with Crippen LogP contribution in [-0.4, -0.2) is 56.3 Å². The zero-order chi connectivity index (χ0) is 17.1. The van der Waals surface area contributed by atoms with Gasteiger partial charge in [0.05, 0.1) is 6.61 Å². The Morgan fingerprint density at radius 2 is 1.82 bits per heavy atom. The first-order valence-corrected chi connectivity index (χ1v) is 7.18. The number of esters is 1. The van der Waals surface area contributed by atoms with E-state index in [1.165, 1.54) is 19.3 Å². The number of rotatable bonds is 8. The van der Waals surface area contributed by atoms with Gasteiger partial charge in [0.25, 0.3) is 0 Å². The van der Waals surface area contributed by atoms with Crippen molar-refractivity contribution in [3.8, 4) is 0 Å². The van der Waals surface area contributed by atoms with Gasteiger partial charge in [0.1, 0.15) is 6.10 Å². The maximum atomic E-state index is 10.5. The number of unbranched alkanes of at least 4 members (excludes halogenated alkanes) is 4. The van der Waals surface area contributed by atoms with Crippen LogP contribution in [0.25, 0.3) is 0 Å². The normalized spacial score (nSPS) is 18.5. The summed E-state index contributed by atoms with van der Waals surface area (Å²) in [5.74, 6) is -3.45. The second-order valence-corrected chi connectivity index (χ2v) is 4.87. The molecule has 1 rings (SSSR count). The second-order valence-electron chi connectivity index (χ2n) is 4.87. The summed E-state index contributed by atoms with van der Waals surface area (Å²) in [6.45, 7) is 1.48. The van der Waals surface area contributed by atoms with Crippen LogP contribution in [0.3, 0.4) is 0 Å². The SMILES string of the molecule is CCCCCCCC(=O)O.O=C1O[C@H]([C@@H](O)CO)C(O)=C1O. The van der Waals surface area contributed by atoms with E-state index in [1.807, 2.05) is 0 Å². The summed E-state index contributed by atoms with van der Waals surface area (Å²) in [6, 6.07) is 0. The Morgan fingerprint density at radius 1 is 1.23 bits per heavy atom. The molecule has 2 atom stereocenters. The molecule has 0 fully saturated rings. The average molecular weight is 320 g/mol. The van der Waals surface area contributed by atoms with Gasteiger partial charge in [0, 0.05) is 6.42 Å². The third-order valence-electron chi connectivity index (χ3n) is 2.97. The summed E-state index contributed by atoms with van der Waals surface area (Å²) in [5.41, 5.74) is 0. The molecule has 128 valence electrons. The maximum absolute atomic E-state index is 10.5. The van der Waals surface area contributed by atoms with Crippen molar-refractivity contribution in [3.05, 3.63) is 11.5 Å². The van der Waals surface area contributed by atoms with Crippen molar-refractivity contribution in [2.24, 2.45) is 0 Å². The van der Waals surface area contributed by atoms with Crippen molar-refractivity contribution >= 4 is 11.9 Å². The molecule has 1 heterocycles. The Hall–Kier alpha value is -1.80. The molecule has 22 heavy (non-hydrogen) atoms. The molecular weight excluding hydrogens is 296 g/mol. The minimum atomic E-state index is -1.42. The summed E-state index contributed by atoms with van der Waals surface area (Å²) in [7, 11) is 0. The Bertz CT molecular complexity index is 390. The number of ether oxygens (including phenoxy) is 1. The van der Waals surface area contributed by atoms with Crippen molar-refractivity contribution in [3.63, 3.8) is 0 Å². The van der Waals surface area contributed by atoms with Crippen LogP contribution in [0.2, 0.25) is 0 Å². The van der Waals surface area contributed by atoms with Gasteiger partial charge in [-0.3, -0.25) is 4.79 Å². The van der Waals surface area contributed by atoms with Crippen LogP contribution in [0, 0.1) is 0 Å². The zero-order valence-corrected chi connectivity index (χ0v) is 12.6. The average Bonchev–Trinajstić information content (AvgIpc) is 2.74. The number of carbonyl (C=O) groups excluding carboxylic acids is 1. The summed E-state index contributed by atoms with van der Waals surface area (Å²) in [6.07, 6.45) is 3.11. The highest BCUT2D eigenvalue weighted by Gasteiger charge is 2.38. The van der Waals surface area contributed by atoms with Crippen molar-refractivity contribution in [2.45, 2.75) is 57.7 Å². The van der Waals surface area contributed by atoms with Gasteiger partial charge in [-0.05, 0) is 6.42 Å². The fourth-order valence-corrected chi connectivity index (χ4v) is 1.70. The first-order chi connectivity index (χ1) is 10.3. The fourth-order valence-electron chi connectivity index (χ4n) is 1.70. The van der Waals surface area contributed by atoms with Gasteiger partial charge < -0.3 is 30.3 Å². The molecule has 0 unspecified atom stereocenters. The Morgan fingerprint density at radius 3 is 2.23 bits per heavy atom. The molecule has 0 aliphatic carbocycles. The Kier molecular flexibility index (Phi) is 9.97. The first kappa shape index (κ1) is 20.2. The van der Waals surface area contributed by atoms with E-state index in [4.69, 9.17) is 25.5 Å². The number of aliphatic carboxylic acids is 1. The third kappa shape index (κ3) is 7.28. The van der Waals surface area contributed by atoms with Gasteiger partial charge in [-0.15, -0.1) is 0 Å². The van der Waals surface area contributed by atoms with Crippen LogP contribution >= 0.6 is 0 Å². The van der Waals surface area contributed by atoms with Gasteiger partial charge in [0.2, 0.25) is 5.76 Å². The lowest BCUT2D eigenvalue weighted by Crippen LogP contribution is -2.31. The molecule has 0 saturated heterocycles. The van der Waals surface area contributed by atoms with Crippen molar-refractivity contribution < 1.29 is 39.9 Å². The third-order valence-corrected chi connectivity index (χ3v) is 2.97. The lowest BCUT2D eigenvalue weighted by Gasteiger charge is -2.13. The molecule has 1 aliphatic heterocycles. The molecule has 8 nitrogen and oxygen atoms in total. The highest BCUT2D eigenvalue weighted by molar-refractivity contribution is 5.89. The smallest absolute Gasteiger partial charge is 0.377 e. The predicted octanol–water partition coefficient (Wildman–Crippen LogP) is 1.02. The van der Waals surface area contributed by atoms with E-state index in [1.54, 1.807) is 0 Å². The molecular formula is C14H24O8. The van der Waals surface area contributed by atoms with E-state index in [0.29, 0.717) is 6.42 Å². The molecule has 0 spiro atoms. The zero-order valence-electron chi connectivity index (χ0n) is 12.6. The van der Waals surface area contributed by atoms with Gasteiger partial charge in [-0.2, -0.15) is 0 Å². The number of carbonyl (C=O) groups is 2. The predicted molar refractivity (Wildman–Crippen MR) is 76.3 cm³/mol. The molecule has 0 aromatic carbocycles. The summed E-state index contributed by atoms with van der Waals surface area (Å²) in [5, 5.41) is 43.3. The van der Waals surface area contributed by atoms with Gasteiger partial charge in [-0.25, -0.2) is 4.79 Å². The monoisotopic (exact) mass is 320 g/mol. The fraction of sp³-hybridized carbons (Fsp3) is 0.714. The number of hydrogen-bond acceptors (Lipinski definition) is 7. The number of aliphatic hydroxyl groups excluding tert-OH is 4. The van der Waals surface area contributed by atoms with Crippen LogP contribution < -0.4 is 0 Å². The topological polar surface area (TPSA) is 145 Å². The lowest BCUT2D eigenvalue weighted by atomic mass is 10.1. The molecule has 0 bridgehead atoms. The van der Waals surface area contributed by atoms with Crippen LogP contribution in [-0.2, 0) is 14.3 Å². The number of aliphatic hydroxyl groups is 4. The summed E-state index contributed by atoms with van der Waals surface area (Å²) >= 11 is 0. The number of carboxylic acids is 1. The lowest BCUT2D eigenvalue weighted by molar-refractivity contribution is -0.147. The van der Waals surface area contributed by atoms with Crippen molar-refractivity contribution in [1.82, 2.24) is 0 Å². The van der Waals surface area contributed by atoms with Crippen molar-refractivity contribution in [1.29, 1.82) is 0 Å².